The van der Waals surface area contributed by atoms with Crippen molar-refractivity contribution in [2.45, 2.75) is 6.92 Å². The van der Waals surface area contributed by atoms with Crippen LogP contribution in [0.4, 0.5) is 5.69 Å². The third kappa shape index (κ3) is 2.12. The molecule has 2 aromatic carbocycles. The molecular weight excluding hydrogens is 319 g/mol. The number of fused-ring (bicyclic) bond motifs is 1. The fourth-order valence-electron chi connectivity index (χ4n) is 2.05. The maximum atomic E-state index is 6.17. The second-order valence-corrected chi connectivity index (χ2v) is 5.66. The largest absolute Gasteiger partial charge is 0.436 e. The van der Waals surface area contributed by atoms with Gasteiger partial charge in [-0.15, -0.1) is 0 Å². The molecule has 0 aliphatic carbocycles. The van der Waals surface area contributed by atoms with Crippen LogP contribution in [0.3, 0.4) is 0 Å². The van der Waals surface area contributed by atoms with Gasteiger partial charge in [-0.1, -0.05) is 34.8 Å². The highest BCUT2D eigenvalue weighted by molar-refractivity contribution is 6.37. The summed E-state index contributed by atoms with van der Waals surface area (Å²) in [6.45, 7) is 1.89. The minimum atomic E-state index is 0.329. The van der Waals surface area contributed by atoms with Gasteiger partial charge < -0.3 is 10.2 Å². The molecule has 0 bridgehead atoms. The molecule has 3 nitrogen and oxygen atoms in total. The SMILES string of the molecule is Cc1cc(Cl)cc2nc(-c3c(Cl)ccc(Cl)c3N)oc12. The normalized spacial score (nSPS) is 11.2. The van der Waals surface area contributed by atoms with E-state index in [1.54, 1.807) is 18.2 Å². The Morgan fingerprint density at radius 1 is 1.10 bits per heavy atom. The van der Waals surface area contributed by atoms with Crippen molar-refractivity contribution in [2.24, 2.45) is 0 Å². The lowest BCUT2D eigenvalue weighted by Gasteiger charge is -2.05. The van der Waals surface area contributed by atoms with Crippen LogP contribution in [0.5, 0.6) is 0 Å². The van der Waals surface area contributed by atoms with Gasteiger partial charge in [0.05, 0.1) is 21.3 Å². The Morgan fingerprint density at radius 2 is 1.80 bits per heavy atom. The van der Waals surface area contributed by atoms with E-state index >= 15 is 0 Å². The standard InChI is InChI=1S/C14H9Cl3N2O/c1-6-4-7(15)5-10-13(6)20-14(19-10)11-8(16)2-3-9(17)12(11)18/h2-5H,18H2,1H3. The van der Waals surface area contributed by atoms with Gasteiger partial charge in [0.25, 0.3) is 0 Å². The Balaban J connectivity index is 2.31. The smallest absolute Gasteiger partial charge is 0.230 e. The fourth-order valence-corrected chi connectivity index (χ4v) is 2.72. The van der Waals surface area contributed by atoms with Crippen molar-refractivity contribution in [3.63, 3.8) is 0 Å². The Hall–Kier alpha value is -1.42. The molecule has 0 amide bonds. The molecule has 0 aliphatic rings. The Kier molecular flexibility index (Phi) is 3.28. The predicted molar refractivity (Wildman–Crippen MR) is 83.6 cm³/mol. The Bertz CT molecular complexity index is 827. The summed E-state index contributed by atoms with van der Waals surface area (Å²) >= 11 is 18.2. The lowest BCUT2D eigenvalue weighted by Crippen LogP contribution is -1.92. The van der Waals surface area contributed by atoms with Crippen LogP contribution >= 0.6 is 34.8 Å². The number of aromatic nitrogens is 1. The first-order valence-electron chi connectivity index (χ1n) is 5.78. The summed E-state index contributed by atoms with van der Waals surface area (Å²) in [5.74, 6) is 0.329. The summed E-state index contributed by atoms with van der Waals surface area (Å²) < 4.78 is 5.76. The van der Waals surface area contributed by atoms with Crippen LogP contribution in [0.15, 0.2) is 28.7 Å². The highest BCUT2D eigenvalue weighted by Gasteiger charge is 2.18. The number of rotatable bonds is 1. The summed E-state index contributed by atoms with van der Waals surface area (Å²) in [5, 5.41) is 1.43. The van der Waals surface area contributed by atoms with Crippen molar-refractivity contribution in [3.8, 4) is 11.5 Å². The minimum Gasteiger partial charge on any atom is -0.436 e. The first kappa shape index (κ1) is 13.6. The van der Waals surface area contributed by atoms with Gasteiger partial charge in [-0.05, 0) is 36.8 Å². The van der Waals surface area contributed by atoms with E-state index in [1.807, 2.05) is 13.0 Å². The van der Waals surface area contributed by atoms with Crippen molar-refractivity contribution in [1.29, 1.82) is 0 Å². The van der Waals surface area contributed by atoms with Gasteiger partial charge in [0, 0.05) is 5.02 Å². The van der Waals surface area contributed by atoms with E-state index in [0.717, 1.165) is 5.56 Å². The third-order valence-corrected chi connectivity index (χ3v) is 3.86. The van der Waals surface area contributed by atoms with Crippen LogP contribution in [0.2, 0.25) is 15.1 Å². The summed E-state index contributed by atoms with van der Waals surface area (Å²) in [4.78, 5) is 4.39. The van der Waals surface area contributed by atoms with Crippen molar-refractivity contribution >= 4 is 51.6 Å². The number of nitrogens with two attached hydrogens (primary N) is 1. The maximum absolute atomic E-state index is 6.17. The highest BCUT2D eigenvalue weighted by atomic mass is 35.5. The van der Waals surface area contributed by atoms with Crippen LogP contribution in [0.1, 0.15) is 5.56 Å². The molecule has 0 atom stereocenters. The van der Waals surface area contributed by atoms with Crippen molar-refractivity contribution in [3.05, 3.63) is 44.9 Å². The molecule has 2 N–H and O–H groups in total. The number of aryl methyl sites for hydroxylation is 1. The molecule has 3 aromatic rings. The topological polar surface area (TPSA) is 52.0 Å². The number of nitrogens with zero attached hydrogens (tertiary/aromatic N) is 1. The number of halogens is 3. The molecule has 102 valence electrons. The van der Waals surface area contributed by atoms with Gasteiger partial charge in [-0.2, -0.15) is 0 Å². The summed E-state index contributed by atoms with van der Waals surface area (Å²) in [6.07, 6.45) is 0. The van der Waals surface area contributed by atoms with Gasteiger partial charge in [0.15, 0.2) is 5.58 Å². The second-order valence-electron chi connectivity index (χ2n) is 4.41. The van der Waals surface area contributed by atoms with E-state index in [9.17, 15) is 0 Å². The number of benzene rings is 2. The van der Waals surface area contributed by atoms with Crippen LogP contribution in [-0.2, 0) is 0 Å². The Morgan fingerprint density at radius 3 is 2.55 bits per heavy atom. The van der Waals surface area contributed by atoms with E-state index in [2.05, 4.69) is 4.98 Å². The zero-order chi connectivity index (χ0) is 14.4. The van der Waals surface area contributed by atoms with E-state index in [4.69, 9.17) is 45.0 Å². The molecule has 6 heteroatoms. The van der Waals surface area contributed by atoms with E-state index in [0.29, 0.717) is 43.3 Å². The lowest BCUT2D eigenvalue weighted by atomic mass is 10.2. The van der Waals surface area contributed by atoms with E-state index < -0.39 is 0 Å². The maximum Gasteiger partial charge on any atom is 0.230 e. The van der Waals surface area contributed by atoms with Gasteiger partial charge in [0.1, 0.15) is 5.52 Å². The summed E-state index contributed by atoms with van der Waals surface area (Å²) in [5.41, 5.74) is 8.99. The number of hydrogen-bond donors (Lipinski definition) is 1. The van der Waals surface area contributed by atoms with Crippen molar-refractivity contribution in [1.82, 2.24) is 4.98 Å². The average Bonchev–Trinajstić information content (AvgIpc) is 2.78. The lowest BCUT2D eigenvalue weighted by molar-refractivity contribution is 0.618. The summed E-state index contributed by atoms with van der Waals surface area (Å²) in [6, 6.07) is 6.82. The zero-order valence-corrected chi connectivity index (χ0v) is 12.6. The zero-order valence-electron chi connectivity index (χ0n) is 10.4. The number of oxazole rings is 1. The van der Waals surface area contributed by atoms with Crippen LogP contribution < -0.4 is 5.73 Å². The molecule has 0 unspecified atom stereocenters. The Labute approximate surface area is 130 Å². The molecule has 0 radical (unpaired) electrons. The number of hydrogen-bond acceptors (Lipinski definition) is 3. The van der Waals surface area contributed by atoms with Gasteiger partial charge in [-0.3, -0.25) is 0 Å². The molecule has 0 saturated carbocycles. The van der Waals surface area contributed by atoms with Crippen LogP contribution in [-0.4, -0.2) is 4.98 Å². The molecule has 0 spiro atoms. The van der Waals surface area contributed by atoms with Crippen LogP contribution in [0, 0.1) is 6.92 Å². The third-order valence-electron chi connectivity index (χ3n) is 3.00. The van der Waals surface area contributed by atoms with Gasteiger partial charge >= 0.3 is 0 Å². The highest BCUT2D eigenvalue weighted by Crippen LogP contribution is 2.39. The molecule has 1 heterocycles. The second kappa shape index (κ2) is 4.85. The first-order valence-corrected chi connectivity index (χ1v) is 6.91. The van der Waals surface area contributed by atoms with Crippen molar-refractivity contribution < 1.29 is 4.42 Å². The minimum absolute atomic E-state index is 0.329. The van der Waals surface area contributed by atoms with E-state index in [-0.39, 0.29) is 0 Å². The molecule has 0 fully saturated rings. The average molecular weight is 328 g/mol. The first-order chi connectivity index (χ1) is 9.47. The molecule has 0 aliphatic heterocycles. The molecular formula is C14H9Cl3N2O. The van der Waals surface area contributed by atoms with E-state index in [1.165, 1.54) is 0 Å². The fraction of sp³-hybridized carbons (Fsp3) is 0.0714. The van der Waals surface area contributed by atoms with Gasteiger partial charge in [-0.25, -0.2) is 4.98 Å². The molecule has 3 rings (SSSR count). The van der Waals surface area contributed by atoms with Gasteiger partial charge in [0.2, 0.25) is 5.89 Å². The quantitative estimate of drug-likeness (QED) is 0.613. The van der Waals surface area contributed by atoms with Crippen LogP contribution in [0.25, 0.3) is 22.6 Å². The molecule has 20 heavy (non-hydrogen) atoms. The monoisotopic (exact) mass is 326 g/mol. The molecule has 0 saturated heterocycles. The molecule has 1 aromatic heterocycles. The number of nitrogen functional groups attached to an aromatic ring is 1. The predicted octanol–water partition coefficient (Wildman–Crippen LogP) is 5.35. The number of anilines is 1. The van der Waals surface area contributed by atoms with Crippen molar-refractivity contribution in [2.75, 3.05) is 5.73 Å². The summed E-state index contributed by atoms with van der Waals surface area (Å²) in [7, 11) is 0.